The molecular weight excluding hydrogens is 225 g/mol. The summed E-state index contributed by atoms with van der Waals surface area (Å²) >= 11 is 3.15. The third-order valence-electron chi connectivity index (χ3n) is 0.871. The van der Waals surface area contributed by atoms with E-state index in [4.69, 9.17) is 0 Å². The van der Waals surface area contributed by atoms with Crippen LogP contribution < -0.4 is 0 Å². The Morgan fingerprint density at radius 2 is 2.25 bits per heavy atom. The number of carbonyl (C=O) groups excluding carboxylic acids is 1. The van der Waals surface area contributed by atoms with Crippen LogP contribution in [0.4, 0.5) is 4.39 Å². The quantitative estimate of drug-likeness (QED) is 0.551. The molecule has 0 radical (unpaired) electrons. The van der Waals surface area contributed by atoms with Crippen LogP contribution in [0.3, 0.4) is 0 Å². The van der Waals surface area contributed by atoms with Crippen LogP contribution >= 0.6 is 15.9 Å². The molecule has 0 aliphatic carbocycles. The Kier molecular flexibility index (Phi) is 6.47. The van der Waals surface area contributed by atoms with Crippen LogP contribution in [-0.4, -0.2) is 16.6 Å². The van der Waals surface area contributed by atoms with Crippen LogP contribution in [0.25, 0.3) is 0 Å². The van der Waals surface area contributed by atoms with Crippen LogP contribution in [0.2, 0.25) is 0 Å². The summed E-state index contributed by atoms with van der Waals surface area (Å²) in [6.45, 7) is 2.04. The van der Waals surface area contributed by atoms with Gasteiger partial charge >= 0.3 is 0 Å². The lowest BCUT2D eigenvalue weighted by atomic mass is 10.4. The van der Waals surface area contributed by atoms with Gasteiger partial charge in [0.2, 0.25) is 0 Å². The van der Waals surface area contributed by atoms with Crippen molar-refractivity contribution in [2.75, 3.05) is 5.33 Å². The number of aromatic nitrogens is 1. The molecule has 0 N–H and O–H groups in total. The minimum atomic E-state index is -0.430. The predicted octanol–water partition coefficient (Wildman–Crippen LogP) is 2.43. The number of halogens is 2. The molecule has 1 aromatic rings. The topological polar surface area (TPSA) is 30.0 Å². The van der Waals surface area contributed by atoms with Gasteiger partial charge in [-0.1, -0.05) is 22.9 Å². The van der Waals surface area contributed by atoms with E-state index in [1.54, 1.807) is 0 Å². The maximum atomic E-state index is 12.0. The fraction of sp³-hybridized carbons (Fsp3) is 0.250. The molecule has 66 valence electrons. The number of nitrogens with zero attached hydrogens (tertiary/aromatic N) is 1. The zero-order chi connectivity index (χ0) is 9.40. The first-order valence-corrected chi connectivity index (χ1v) is 4.49. The van der Waals surface area contributed by atoms with Gasteiger partial charge in [0, 0.05) is 5.33 Å². The fourth-order valence-corrected chi connectivity index (χ4v) is 0.457. The number of aldehydes is 1. The van der Waals surface area contributed by atoms with Gasteiger partial charge in [-0.05, 0) is 12.1 Å². The Morgan fingerprint density at radius 1 is 1.67 bits per heavy atom. The van der Waals surface area contributed by atoms with Crippen molar-refractivity contribution < 1.29 is 9.18 Å². The first kappa shape index (κ1) is 11.2. The van der Waals surface area contributed by atoms with Crippen molar-refractivity contribution >= 4 is 22.2 Å². The number of alkyl halides is 1. The average Bonchev–Trinajstić information content (AvgIpc) is 2.07. The zero-order valence-corrected chi connectivity index (χ0v) is 8.21. The zero-order valence-electron chi connectivity index (χ0n) is 6.63. The predicted molar refractivity (Wildman–Crippen MR) is 49.1 cm³/mol. The van der Waals surface area contributed by atoms with Gasteiger partial charge in [0.15, 0.2) is 6.29 Å². The lowest BCUT2D eigenvalue weighted by Gasteiger charge is -1.85. The van der Waals surface area contributed by atoms with Gasteiger partial charge in [-0.25, -0.2) is 4.39 Å². The van der Waals surface area contributed by atoms with Crippen molar-refractivity contribution in [1.82, 2.24) is 4.98 Å². The van der Waals surface area contributed by atoms with Gasteiger partial charge in [0.25, 0.3) is 0 Å². The maximum Gasteiger partial charge on any atom is 0.168 e. The van der Waals surface area contributed by atoms with E-state index < -0.39 is 5.82 Å². The maximum absolute atomic E-state index is 12.0. The van der Waals surface area contributed by atoms with E-state index in [0.717, 1.165) is 11.5 Å². The van der Waals surface area contributed by atoms with Crippen LogP contribution in [0.15, 0.2) is 18.3 Å². The second kappa shape index (κ2) is 6.91. The molecule has 0 spiro atoms. The molecule has 0 bridgehead atoms. The van der Waals surface area contributed by atoms with Crippen molar-refractivity contribution in [1.29, 1.82) is 0 Å². The Morgan fingerprint density at radius 3 is 2.58 bits per heavy atom. The molecule has 0 fully saturated rings. The highest BCUT2D eigenvalue weighted by molar-refractivity contribution is 9.09. The smallest absolute Gasteiger partial charge is 0.168 e. The SMILES string of the molecule is CCBr.O=Cc1ccc(F)cn1. The van der Waals surface area contributed by atoms with Gasteiger partial charge < -0.3 is 0 Å². The Labute approximate surface area is 78.9 Å². The van der Waals surface area contributed by atoms with Crippen molar-refractivity contribution in [2.45, 2.75) is 6.92 Å². The monoisotopic (exact) mass is 233 g/mol. The average molecular weight is 234 g/mol. The Balaban J connectivity index is 0.000000354. The largest absolute Gasteiger partial charge is 0.296 e. The molecule has 0 saturated heterocycles. The molecule has 0 aliphatic rings. The van der Waals surface area contributed by atoms with Crippen molar-refractivity contribution in [3.05, 3.63) is 29.8 Å². The molecule has 1 heterocycles. The van der Waals surface area contributed by atoms with Gasteiger partial charge in [-0.2, -0.15) is 0 Å². The van der Waals surface area contributed by atoms with E-state index in [2.05, 4.69) is 20.9 Å². The summed E-state index contributed by atoms with van der Waals surface area (Å²) in [5, 5.41) is 1.06. The molecule has 0 unspecified atom stereocenters. The summed E-state index contributed by atoms with van der Waals surface area (Å²) in [6, 6.07) is 2.51. The molecule has 12 heavy (non-hydrogen) atoms. The molecule has 0 atom stereocenters. The molecule has 0 aromatic carbocycles. The molecule has 1 aromatic heterocycles. The van der Waals surface area contributed by atoms with E-state index in [0.29, 0.717) is 6.29 Å². The summed E-state index contributed by atoms with van der Waals surface area (Å²) in [7, 11) is 0. The molecule has 2 nitrogen and oxygen atoms in total. The standard InChI is InChI=1S/C6H4FNO.C2H5Br/c7-5-1-2-6(4-9)8-3-5;1-2-3/h1-4H;2H2,1H3. The summed E-state index contributed by atoms with van der Waals surface area (Å²) in [4.78, 5) is 13.4. The third kappa shape index (κ3) is 4.96. The minimum absolute atomic E-state index is 0.247. The highest BCUT2D eigenvalue weighted by Crippen LogP contribution is 1.93. The van der Waals surface area contributed by atoms with Crippen molar-refractivity contribution in [3.8, 4) is 0 Å². The van der Waals surface area contributed by atoms with Gasteiger partial charge in [-0.3, -0.25) is 9.78 Å². The van der Waals surface area contributed by atoms with Crippen molar-refractivity contribution in [3.63, 3.8) is 0 Å². The number of rotatable bonds is 1. The molecule has 0 saturated carbocycles. The van der Waals surface area contributed by atoms with E-state index >= 15 is 0 Å². The number of carbonyl (C=O) groups is 1. The normalized spacial score (nSPS) is 8.25. The molecule has 4 heteroatoms. The van der Waals surface area contributed by atoms with Crippen LogP contribution in [0.5, 0.6) is 0 Å². The molecular formula is C8H9BrFNO. The van der Waals surface area contributed by atoms with Crippen LogP contribution in [0, 0.1) is 5.82 Å². The van der Waals surface area contributed by atoms with Gasteiger partial charge in [0.1, 0.15) is 11.5 Å². The summed E-state index contributed by atoms with van der Waals surface area (Å²) < 4.78 is 12.0. The number of hydrogen-bond acceptors (Lipinski definition) is 2. The minimum Gasteiger partial charge on any atom is -0.296 e. The Hall–Kier alpha value is -0.770. The summed E-state index contributed by atoms with van der Waals surface area (Å²) in [6.07, 6.45) is 1.57. The van der Waals surface area contributed by atoms with E-state index in [9.17, 15) is 9.18 Å². The van der Waals surface area contributed by atoms with Gasteiger partial charge in [-0.15, -0.1) is 0 Å². The second-order valence-electron chi connectivity index (χ2n) is 1.79. The highest BCUT2D eigenvalue weighted by atomic mass is 79.9. The number of hydrogen-bond donors (Lipinski definition) is 0. The number of pyridine rings is 1. The first-order valence-electron chi connectivity index (χ1n) is 3.37. The van der Waals surface area contributed by atoms with Crippen molar-refractivity contribution in [2.24, 2.45) is 0 Å². The van der Waals surface area contributed by atoms with Crippen LogP contribution in [0.1, 0.15) is 17.4 Å². The molecule has 1 rings (SSSR count). The van der Waals surface area contributed by atoms with E-state index in [1.165, 1.54) is 12.1 Å². The van der Waals surface area contributed by atoms with Crippen LogP contribution in [-0.2, 0) is 0 Å². The van der Waals surface area contributed by atoms with E-state index in [-0.39, 0.29) is 5.69 Å². The molecule has 0 amide bonds. The fourth-order valence-electron chi connectivity index (χ4n) is 0.457. The van der Waals surface area contributed by atoms with E-state index in [1.807, 2.05) is 6.92 Å². The highest BCUT2D eigenvalue weighted by Gasteiger charge is 1.89. The lowest BCUT2D eigenvalue weighted by Crippen LogP contribution is -1.85. The lowest BCUT2D eigenvalue weighted by molar-refractivity contribution is 0.111. The summed E-state index contributed by atoms with van der Waals surface area (Å²) in [5.74, 6) is -0.430. The second-order valence-corrected chi connectivity index (χ2v) is 2.91. The van der Waals surface area contributed by atoms with Gasteiger partial charge in [0.05, 0.1) is 6.20 Å². The first-order chi connectivity index (χ1) is 5.74. The third-order valence-corrected chi connectivity index (χ3v) is 0.871. The molecule has 0 aliphatic heterocycles. The summed E-state index contributed by atoms with van der Waals surface area (Å²) in [5.41, 5.74) is 0.247. The Bertz CT molecular complexity index is 225.